The molecule has 0 spiro atoms. The molecule has 16 heavy (non-hydrogen) atoms. The van der Waals surface area contributed by atoms with E-state index in [1.165, 1.54) is 6.42 Å². The van der Waals surface area contributed by atoms with Crippen LogP contribution in [0.5, 0.6) is 0 Å². The van der Waals surface area contributed by atoms with Gasteiger partial charge in [0.2, 0.25) is 0 Å². The molecule has 2 aliphatic heterocycles. The van der Waals surface area contributed by atoms with Crippen LogP contribution in [0.15, 0.2) is 0 Å². The van der Waals surface area contributed by atoms with Crippen molar-refractivity contribution < 1.29 is 9.53 Å². The first kappa shape index (κ1) is 11.9. The zero-order valence-corrected chi connectivity index (χ0v) is 10.5. The second-order valence-electron chi connectivity index (χ2n) is 5.77. The molecule has 0 aliphatic carbocycles. The summed E-state index contributed by atoms with van der Waals surface area (Å²) < 4.78 is 5.49. The molecule has 3 unspecified atom stereocenters. The molecule has 4 nitrogen and oxygen atoms in total. The van der Waals surface area contributed by atoms with Crippen LogP contribution in [0.4, 0.5) is 0 Å². The molecular formula is C12H22N2O2. The second kappa shape index (κ2) is 4.34. The van der Waals surface area contributed by atoms with Crippen LogP contribution in [-0.4, -0.2) is 35.7 Å². The summed E-state index contributed by atoms with van der Waals surface area (Å²) in [6, 6.07) is -0.0678. The SMILES string of the molecule is CC(C)(C)OC(=O)C1C2CCCN1NCC2. The third kappa shape index (κ3) is 2.55. The van der Waals surface area contributed by atoms with Gasteiger partial charge < -0.3 is 4.74 Å². The summed E-state index contributed by atoms with van der Waals surface area (Å²) in [5.41, 5.74) is 2.91. The Labute approximate surface area is 97.3 Å². The summed E-state index contributed by atoms with van der Waals surface area (Å²) in [5, 5.41) is 2.08. The molecule has 4 heteroatoms. The molecule has 0 aromatic heterocycles. The van der Waals surface area contributed by atoms with Gasteiger partial charge >= 0.3 is 5.97 Å². The molecule has 0 saturated carbocycles. The lowest BCUT2D eigenvalue weighted by atomic mass is 9.86. The number of nitrogens with zero attached hydrogens (tertiary/aromatic N) is 1. The summed E-state index contributed by atoms with van der Waals surface area (Å²) in [6.07, 6.45) is 3.42. The largest absolute Gasteiger partial charge is 0.459 e. The van der Waals surface area contributed by atoms with Crippen LogP contribution in [0, 0.1) is 5.92 Å². The summed E-state index contributed by atoms with van der Waals surface area (Å²) in [4.78, 5) is 12.1. The third-order valence-electron chi connectivity index (χ3n) is 3.23. The van der Waals surface area contributed by atoms with E-state index < -0.39 is 0 Å². The first-order chi connectivity index (χ1) is 7.47. The van der Waals surface area contributed by atoms with Gasteiger partial charge in [-0.15, -0.1) is 0 Å². The van der Waals surface area contributed by atoms with Crippen LogP contribution in [0.3, 0.4) is 0 Å². The summed E-state index contributed by atoms with van der Waals surface area (Å²) in [6.45, 7) is 7.72. The number of ether oxygens (including phenoxy) is 1. The monoisotopic (exact) mass is 226 g/mol. The van der Waals surface area contributed by atoms with Crippen molar-refractivity contribution in [2.45, 2.75) is 51.7 Å². The Hall–Kier alpha value is -0.610. The zero-order chi connectivity index (χ0) is 11.8. The van der Waals surface area contributed by atoms with Crippen LogP contribution in [0.25, 0.3) is 0 Å². The van der Waals surface area contributed by atoms with Crippen LogP contribution >= 0.6 is 0 Å². The Kier molecular flexibility index (Phi) is 3.22. The predicted octanol–water partition coefficient (Wildman–Crippen LogP) is 1.32. The number of piperidine rings is 1. The molecule has 0 aromatic carbocycles. The number of nitrogens with one attached hydrogen (secondary N) is 1. The number of carbonyl (C=O) groups excluding carboxylic acids is 1. The Morgan fingerprint density at radius 1 is 1.38 bits per heavy atom. The maximum absolute atomic E-state index is 12.1. The highest BCUT2D eigenvalue weighted by Gasteiger charge is 2.41. The maximum atomic E-state index is 12.1. The van der Waals surface area contributed by atoms with Crippen molar-refractivity contribution in [1.82, 2.24) is 10.4 Å². The van der Waals surface area contributed by atoms with Gasteiger partial charge in [0, 0.05) is 13.1 Å². The van der Waals surface area contributed by atoms with Crippen molar-refractivity contribution >= 4 is 5.97 Å². The molecule has 92 valence electrons. The minimum Gasteiger partial charge on any atom is -0.459 e. The van der Waals surface area contributed by atoms with E-state index in [2.05, 4.69) is 10.4 Å². The summed E-state index contributed by atoms with van der Waals surface area (Å²) >= 11 is 0. The van der Waals surface area contributed by atoms with E-state index in [1.807, 2.05) is 20.8 Å². The average Bonchev–Trinajstić information content (AvgIpc) is 2.13. The van der Waals surface area contributed by atoms with Crippen molar-refractivity contribution in [3.63, 3.8) is 0 Å². The quantitative estimate of drug-likeness (QED) is 0.685. The van der Waals surface area contributed by atoms with Gasteiger partial charge in [-0.2, -0.15) is 0 Å². The van der Waals surface area contributed by atoms with E-state index in [-0.39, 0.29) is 17.6 Å². The van der Waals surface area contributed by atoms with Crippen LogP contribution in [0.1, 0.15) is 40.0 Å². The number of esters is 1. The number of hydrogen-bond donors (Lipinski definition) is 1. The third-order valence-corrected chi connectivity index (χ3v) is 3.23. The first-order valence-electron chi connectivity index (χ1n) is 6.20. The Morgan fingerprint density at radius 3 is 2.75 bits per heavy atom. The van der Waals surface area contributed by atoms with Crippen LogP contribution in [-0.2, 0) is 9.53 Å². The maximum Gasteiger partial charge on any atom is 0.325 e. The van der Waals surface area contributed by atoms with E-state index >= 15 is 0 Å². The molecule has 2 rings (SSSR count). The fourth-order valence-corrected chi connectivity index (χ4v) is 2.63. The van der Waals surface area contributed by atoms with E-state index in [0.29, 0.717) is 5.92 Å². The first-order valence-corrected chi connectivity index (χ1v) is 6.20. The van der Waals surface area contributed by atoms with Gasteiger partial charge in [0.1, 0.15) is 11.6 Å². The highest BCUT2D eigenvalue weighted by atomic mass is 16.6. The fourth-order valence-electron chi connectivity index (χ4n) is 2.63. The van der Waals surface area contributed by atoms with Gasteiger partial charge in [0.05, 0.1) is 0 Å². The average molecular weight is 226 g/mol. The number of rotatable bonds is 1. The van der Waals surface area contributed by atoms with Gasteiger partial charge in [0.25, 0.3) is 0 Å². The normalized spacial score (nSPS) is 34.6. The van der Waals surface area contributed by atoms with E-state index in [9.17, 15) is 4.79 Å². The minimum absolute atomic E-state index is 0.0654. The van der Waals surface area contributed by atoms with E-state index in [1.54, 1.807) is 0 Å². The van der Waals surface area contributed by atoms with Crippen molar-refractivity contribution in [2.24, 2.45) is 5.92 Å². The number of carbonyl (C=O) groups is 1. The molecule has 0 amide bonds. The van der Waals surface area contributed by atoms with Crippen LogP contribution < -0.4 is 5.43 Å². The smallest absolute Gasteiger partial charge is 0.325 e. The molecule has 0 aromatic rings. The fraction of sp³-hybridized carbons (Fsp3) is 0.917. The molecule has 2 fully saturated rings. The molecule has 1 N–H and O–H groups in total. The standard InChI is InChI=1S/C12H22N2O2/c1-12(2,3)16-11(15)10-9-5-4-8-14(10)13-7-6-9/h9-10,13H,4-8H2,1-3H3. The van der Waals surface area contributed by atoms with Gasteiger partial charge in [-0.1, -0.05) is 0 Å². The van der Waals surface area contributed by atoms with Gasteiger partial charge in [-0.25, -0.2) is 5.01 Å². The van der Waals surface area contributed by atoms with E-state index in [0.717, 1.165) is 25.9 Å². The van der Waals surface area contributed by atoms with Crippen molar-refractivity contribution in [3.05, 3.63) is 0 Å². The Balaban J connectivity index is 2.04. The highest BCUT2D eigenvalue weighted by Crippen LogP contribution is 2.29. The Bertz CT molecular complexity index is 251. The topological polar surface area (TPSA) is 41.6 Å². The zero-order valence-electron chi connectivity index (χ0n) is 10.5. The lowest BCUT2D eigenvalue weighted by Gasteiger charge is -2.44. The minimum atomic E-state index is -0.385. The van der Waals surface area contributed by atoms with Gasteiger partial charge in [-0.05, 0) is 46.0 Å². The highest BCUT2D eigenvalue weighted by molar-refractivity contribution is 5.76. The second-order valence-corrected chi connectivity index (χ2v) is 5.77. The molecule has 2 saturated heterocycles. The summed E-state index contributed by atoms with van der Waals surface area (Å²) in [5.74, 6) is 0.411. The van der Waals surface area contributed by atoms with E-state index in [4.69, 9.17) is 4.74 Å². The number of hydrogen-bond acceptors (Lipinski definition) is 4. The molecule has 2 aliphatic rings. The van der Waals surface area contributed by atoms with Gasteiger partial charge in [0.15, 0.2) is 0 Å². The molecule has 2 bridgehead atoms. The van der Waals surface area contributed by atoms with Gasteiger partial charge in [-0.3, -0.25) is 10.2 Å². The van der Waals surface area contributed by atoms with Crippen molar-refractivity contribution in [2.75, 3.05) is 13.1 Å². The van der Waals surface area contributed by atoms with Crippen molar-refractivity contribution in [1.29, 1.82) is 0 Å². The Morgan fingerprint density at radius 2 is 2.12 bits per heavy atom. The molecule has 0 radical (unpaired) electrons. The summed E-state index contributed by atoms with van der Waals surface area (Å²) in [7, 11) is 0. The lowest BCUT2D eigenvalue weighted by molar-refractivity contribution is -0.170. The number of fused-ring (bicyclic) bond motifs is 2. The lowest BCUT2D eigenvalue weighted by Crippen LogP contribution is -2.61. The molecule has 3 atom stereocenters. The number of hydrazine groups is 1. The van der Waals surface area contributed by atoms with Crippen molar-refractivity contribution in [3.8, 4) is 0 Å². The predicted molar refractivity (Wildman–Crippen MR) is 61.7 cm³/mol. The van der Waals surface area contributed by atoms with Crippen LogP contribution in [0.2, 0.25) is 0 Å². The molecule has 2 heterocycles. The molecular weight excluding hydrogens is 204 g/mol.